The van der Waals surface area contributed by atoms with Crippen LogP contribution in [0.3, 0.4) is 0 Å². The molecule has 0 amide bonds. The zero-order chi connectivity index (χ0) is 12.6. The Bertz CT molecular complexity index is 316. The number of hydrogen-bond donors (Lipinski definition) is 0. The normalized spacial score (nSPS) is 11.1. The summed E-state index contributed by atoms with van der Waals surface area (Å²) < 4.78 is 9.45. The number of hydrogen-bond acceptors (Lipinski definition) is 5. The van der Waals surface area contributed by atoms with Gasteiger partial charge in [-0.2, -0.15) is 5.26 Å². The smallest absolute Gasteiger partial charge is 0.333 e. The number of carbonyl (C=O) groups excluding carboxylic acids is 2. The second kappa shape index (κ2) is 7.46. The number of carbonyl (C=O) groups is 2. The van der Waals surface area contributed by atoms with E-state index >= 15 is 0 Å². The van der Waals surface area contributed by atoms with Crippen molar-refractivity contribution < 1.29 is 19.1 Å². The van der Waals surface area contributed by atoms with Crippen LogP contribution in [0.1, 0.15) is 20.3 Å². The maximum Gasteiger partial charge on any atom is 0.333 e. The molecule has 0 aromatic heterocycles. The van der Waals surface area contributed by atoms with Gasteiger partial charge in [0.25, 0.3) is 0 Å². The standard InChI is InChI=1S/C11H15NO4/c1-4-15-11(14)9(7-12)5-6-16-10(13)8(2)3/h9H,2,4-6H2,1,3H3. The number of nitriles is 1. The molecule has 0 aliphatic carbocycles. The van der Waals surface area contributed by atoms with Crippen molar-refractivity contribution in [3.8, 4) is 6.07 Å². The third-order valence-corrected chi connectivity index (χ3v) is 1.72. The molecular weight excluding hydrogens is 210 g/mol. The van der Waals surface area contributed by atoms with E-state index in [1.54, 1.807) is 13.0 Å². The molecule has 0 aliphatic rings. The number of nitrogens with zero attached hydrogens (tertiary/aromatic N) is 1. The molecule has 0 saturated carbocycles. The lowest BCUT2D eigenvalue weighted by molar-refractivity contribution is -0.148. The zero-order valence-corrected chi connectivity index (χ0v) is 9.49. The first kappa shape index (κ1) is 14.2. The quantitative estimate of drug-likeness (QED) is 0.501. The lowest BCUT2D eigenvalue weighted by Crippen LogP contribution is -2.19. The molecule has 0 heterocycles. The summed E-state index contributed by atoms with van der Waals surface area (Å²) in [6.45, 7) is 6.82. The molecule has 0 aliphatic heterocycles. The molecule has 0 aromatic rings. The van der Waals surface area contributed by atoms with Crippen molar-refractivity contribution in [2.45, 2.75) is 20.3 Å². The molecule has 0 saturated heterocycles. The minimum Gasteiger partial charge on any atom is -0.465 e. The summed E-state index contributed by atoms with van der Waals surface area (Å²) in [5.41, 5.74) is 0.282. The van der Waals surface area contributed by atoms with Crippen molar-refractivity contribution in [3.63, 3.8) is 0 Å². The van der Waals surface area contributed by atoms with Gasteiger partial charge in [-0.3, -0.25) is 4.79 Å². The molecule has 16 heavy (non-hydrogen) atoms. The molecule has 0 radical (unpaired) electrons. The predicted molar refractivity (Wildman–Crippen MR) is 56.1 cm³/mol. The molecule has 88 valence electrons. The third kappa shape index (κ3) is 5.15. The Labute approximate surface area is 94.6 Å². The van der Waals surface area contributed by atoms with Crippen LogP contribution in [0.4, 0.5) is 0 Å². The van der Waals surface area contributed by atoms with E-state index in [-0.39, 0.29) is 25.2 Å². The summed E-state index contributed by atoms with van der Waals surface area (Å²) in [7, 11) is 0. The molecule has 0 bridgehead atoms. The van der Waals surface area contributed by atoms with Crippen molar-refractivity contribution in [1.29, 1.82) is 5.26 Å². The molecule has 1 atom stereocenters. The molecule has 5 nitrogen and oxygen atoms in total. The van der Waals surface area contributed by atoms with Gasteiger partial charge in [-0.05, 0) is 13.8 Å². The molecular formula is C11H15NO4. The van der Waals surface area contributed by atoms with Gasteiger partial charge in [-0.1, -0.05) is 6.58 Å². The van der Waals surface area contributed by atoms with Crippen LogP contribution in [0.15, 0.2) is 12.2 Å². The number of esters is 2. The summed E-state index contributed by atoms with van der Waals surface area (Å²) in [6.07, 6.45) is 0.133. The SMILES string of the molecule is C=C(C)C(=O)OCCC(C#N)C(=O)OCC. The van der Waals surface area contributed by atoms with Crippen molar-refractivity contribution in [2.75, 3.05) is 13.2 Å². The van der Waals surface area contributed by atoms with E-state index in [9.17, 15) is 9.59 Å². The predicted octanol–water partition coefficient (Wildman–Crippen LogP) is 1.20. The molecule has 5 heteroatoms. The van der Waals surface area contributed by atoms with Crippen molar-refractivity contribution in [3.05, 3.63) is 12.2 Å². The molecule has 0 aromatic carbocycles. The highest BCUT2D eigenvalue weighted by Crippen LogP contribution is 2.05. The molecule has 0 N–H and O–H groups in total. The van der Waals surface area contributed by atoms with E-state index in [4.69, 9.17) is 10.00 Å². The van der Waals surface area contributed by atoms with Crippen LogP contribution in [-0.4, -0.2) is 25.2 Å². The summed E-state index contributed by atoms with van der Waals surface area (Å²) in [6, 6.07) is 1.80. The van der Waals surface area contributed by atoms with Crippen LogP contribution in [0.25, 0.3) is 0 Å². The fourth-order valence-corrected chi connectivity index (χ4v) is 0.871. The van der Waals surface area contributed by atoms with Gasteiger partial charge in [-0.25, -0.2) is 4.79 Å². The monoisotopic (exact) mass is 225 g/mol. The average Bonchev–Trinajstić information content (AvgIpc) is 2.24. The first-order valence-electron chi connectivity index (χ1n) is 4.91. The van der Waals surface area contributed by atoms with Crippen LogP contribution in [-0.2, 0) is 19.1 Å². The van der Waals surface area contributed by atoms with E-state index in [1.165, 1.54) is 6.92 Å². The summed E-state index contributed by atoms with van der Waals surface area (Å²) >= 11 is 0. The molecule has 0 spiro atoms. The lowest BCUT2D eigenvalue weighted by atomic mass is 10.1. The van der Waals surface area contributed by atoms with Gasteiger partial charge in [0.15, 0.2) is 0 Å². The Balaban J connectivity index is 3.98. The largest absolute Gasteiger partial charge is 0.465 e. The van der Waals surface area contributed by atoms with E-state index < -0.39 is 17.9 Å². The Morgan fingerprint density at radius 1 is 1.44 bits per heavy atom. The Hall–Kier alpha value is -1.83. The van der Waals surface area contributed by atoms with Gasteiger partial charge < -0.3 is 9.47 Å². The first-order valence-corrected chi connectivity index (χ1v) is 4.91. The fraction of sp³-hybridized carbons (Fsp3) is 0.545. The highest BCUT2D eigenvalue weighted by molar-refractivity contribution is 5.86. The van der Waals surface area contributed by atoms with Gasteiger partial charge in [0, 0.05) is 12.0 Å². The van der Waals surface area contributed by atoms with Gasteiger partial charge in [-0.15, -0.1) is 0 Å². The molecule has 0 fully saturated rings. The lowest BCUT2D eigenvalue weighted by Gasteiger charge is -2.08. The average molecular weight is 225 g/mol. The maximum absolute atomic E-state index is 11.2. The maximum atomic E-state index is 11.2. The van der Waals surface area contributed by atoms with Gasteiger partial charge >= 0.3 is 11.9 Å². The van der Waals surface area contributed by atoms with Gasteiger partial charge in [0.1, 0.15) is 5.92 Å². The first-order chi connectivity index (χ1) is 7.52. The topological polar surface area (TPSA) is 76.4 Å². The van der Waals surface area contributed by atoms with Crippen LogP contribution in [0.5, 0.6) is 0 Å². The zero-order valence-electron chi connectivity index (χ0n) is 9.49. The van der Waals surface area contributed by atoms with Gasteiger partial charge in [0.2, 0.25) is 0 Å². The van der Waals surface area contributed by atoms with E-state index in [0.29, 0.717) is 0 Å². The third-order valence-electron chi connectivity index (χ3n) is 1.72. The Morgan fingerprint density at radius 2 is 2.06 bits per heavy atom. The van der Waals surface area contributed by atoms with E-state index in [0.717, 1.165) is 0 Å². The number of ether oxygens (including phenoxy) is 2. The fourth-order valence-electron chi connectivity index (χ4n) is 0.871. The van der Waals surface area contributed by atoms with E-state index in [1.807, 2.05) is 0 Å². The van der Waals surface area contributed by atoms with Crippen molar-refractivity contribution in [2.24, 2.45) is 5.92 Å². The van der Waals surface area contributed by atoms with Crippen LogP contribution in [0, 0.1) is 17.2 Å². The van der Waals surface area contributed by atoms with Crippen LogP contribution >= 0.6 is 0 Å². The summed E-state index contributed by atoms with van der Waals surface area (Å²) in [4.78, 5) is 22.2. The second-order valence-corrected chi connectivity index (χ2v) is 3.14. The minimum absolute atomic E-state index is 0.00271. The summed E-state index contributed by atoms with van der Waals surface area (Å²) in [5, 5.41) is 8.69. The Morgan fingerprint density at radius 3 is 2.50 bits per heavy atom. The molecule has 0 rings (SSSR count). The Kier molecular flexibility index (Phi) is 6.61. The number of rotatable bonds is 6. The van der Waals surface area contributed by atoms with Gasteiger partial charge in [0.05, 0.1) is 19.3 Å². The van der Waals surface area contributed by atoms with Crippen molar-refractivity contribution >= 4 is 11.9 Å². The minimum atomic E-state index is -0.891. The van der Waals surface area contributed by atoms with Crippen molar-refractivity contribution in [1.82, 2.24) is 0 Å². The van der Waals surface area contributed by atoms with Crippen LogP contribution < -0.4 is 0 Å². The molecule has 1 unspecified atom stereocenters. The van der Waals surface area contributed by atoms with Crippen LogP contribution in [0.2, 0.25) is 0 Å². The highest BCUT2D eigenvalue weighted by atomic mass is 16.5. The second-order valence-electron chi connectivity index (χ2n) is 3.14. The highest BCUT2D eigenvalue weighted by Gasteiger charge is 2.19. The summed E-state index contributed by atoms with van der Waals surface area (Å²) in [5.74, 6) is -2.00. The van der Waals surface area contributed by atoms with E-state index in [2.05, 4.69) is 11.3 Å².